The van der Waals surface area contributed by atoms with Gasteiger partial charge in [-0.25, -0.2) is 4.98 Å². The number of hydrogen-bond acceptors (Lipinski definition) is 4. The van der Waals surface area contributed by atoms with Crippen LogP contribution in [0.5, 0.6) is 11.5 Å². The number of benzene rings is 2. The summed E-state index contributed by atoms with van der Waals surface area (Å²) in [5.74, 6) is 2.51. The Balaban J connectivity index is 1.64. The monoisotopic (exact) mass is 421 g/mol. The normalized spacial score (nSPS) is 11.2. The third-order valence-corrected chi connectivity index (χ3v) is 5.06. The number of carbonyl (C=O) groups is 1. The molecule has 164 valence electrons. The first-order valence-electron chi connectivity index (χ1n) is 10.8. The van der Waals surface area contributed by atoms with Gasteiger partial charge in [-0.15, -0.1) is 0 Å². The molecule has 0 saturated carbocycles. The Morgan fingerprint density at radius 1 is 1.19 bits per heavy atom. The lowest BCUT2D eigenvalue weighted by atomic mass is 10.2. The smallest absolute Gasteiger partial charge is 0.219 e. The molecule has 3 rings (SSSR count). The SMILES string of the molecule is C/C=C/c1ccc(OCCCn2c(CCNC(=O)CC)nc3ccccc32)c(OC)c1. The van der Waals surface area contributed by atoms with Crippen molar-refractivity contribution in [3.63, 3.8) is 0 Å². The number of amides is 1. The van der Waals surface area contributed by atoms with E-state index in [-0.39, 0.29) is 5.91 Å². The van der Waals surface area contributed by atoms with E-state index in [0.29, 0.717) is 26.0 Å². The number of aromatic nitrogens is 2. The highest BCUT2D eigenvalue weighted by atomic mass is 16.5. The summed E-state index contributed by atoms with van der Waals surface area (Å²) in [6.45, 7) is 5.78. The zero-order valence-electron chi connectivity index (χ0n) is 18.6. The Morgan fingerprint density at radius 2 is 2.03 bits per heavy atom. The van der Waals surface area contributed by atoms with E-state index in [1.807, 2.05) is 62.4 Å². The van der Waals surface area contributed by atoms with Crippen LogP contribution in [-0.4, -0.2) is 35.7 Å². The quantitative estimate of drug-likeness (QED) is 0.459. The number of nitrogens with zero attached hydrogens (tertiary/aromatic N) is 2. The molecule has 1 heterocycles. The highest BCUT2D eigenvalue weighted by molar-refractivity contribution is 5.76. The predicted octanol–water partition coefficient (Wildman–Crippen LogP) is 4.62. The van der Waals surface area contributed by atoms with E-state index in [9.17, 15) is 4.79 Å². The van der Waals surface area contributed by atoms with Gasteiger partial charge in [0.15, 0.2) is 11.5 Å². The van der Waals surface area contributed by atoms with Crippen LogP contribution < -0.4 is 14.8 Å². The van der Waals surface area contributed by atoms with Crippen LogP contribution in [0.4, 0.5) is 0 Å². The second-order valence-electron chi connectivity index (χ2n) is 7.23. The van der Waals surface area contributed by atoms with Crippen molar-refractivity contribution in [2.24, 2.45) is 0 Å². The number of carbonyl (C=O) groups excluding carboxylic acids is 1. The second-order valence-corrected chi connectivity index (χ2v) is 7.23. The zero-order valence-corrected chi connectivity index (χ0v) is 18.6. The Morgan fingerprint density at radius 3 is 2.81 bits per heavy atom. The molecule has 1 N–H and O–H groups in total. The molecule has 0 bridgehead atoms. The highest BCUT2D eigenvalue weighted by Crippen LogP contribution is 2.28. The molecule has 2 aromatic carbocycles. The lowest BCUT2D eigenvalue weighted by Crippen LogP contribution is -2.25. The van der Waals surface area contributed by atoms with Crippen LogP contribution in [0.2, 0.25) is 0 Å². The van der Waals surface area contributed by atoms with E-state index in [1.54, 1.807) is 7.11 Å². The molecule has 1 aromatic heterocycles. The molecule has 31 heavy (non-hydrogen) atoms. The third kappa shape index (κ3) is 5.87. The van der Waals surface area contributed by atoms with Crippen LogP contribution in [0.15, 0.2) is 48.5 Å². The molecule has 6 heteroatoms. The zero-order chi connectivity index (χ0) is 22.1. The van der Waals surface area contributed by atoms with Gasteiger partial charge in [-0.1, -0.05) is 37.3 Å². The van der Waals surface area contributed by atoms with Gasteiger partial charge < -0.3 is 19.4 Å². The van der Waals surface area contributed by atoms with Crippen LogP contribution in [-0.2, 0) is 17.8 Å². The van der Waals surface area contributed by atoms with Crippen molar-refractivity contribution in [2.75, 3.05) is 20.3 Å². The molecule has 3 aromatic rings. The average molecular weight is 422 g/mol. The number of fused-ring (bicyclic) bond motifs is 1. The number of imidazole rings is 1. The molecule has 0 aliphatic heterocycles. The van der Waals surface area contributed by atoms with E-state index in [2.05, 4.69) is 16.0 Å². The lowest BCUT2D eigenvalue weighted by molar-refractivity contribution is -0.120. The summed E-state index contributed by atoms with van der Waals surface area (Å²) in [7, 11) is 1.66. The van der Waals surface area contributed by atoms with Crippen molar-refractivity contribution in [3.05, 3.63) is 59.9 Å². The molecule has 0 aliphatic carbocycles. The fourth-order valence-electron chi connectivity index (χ4n) is 3.51. The molecule has 1 amide bonds. The van der Waals surface area contributed by atoms with Crippen molar-refractivity contribution in [1.29, 1.82) is 0 Å². The number of aryl methyl sites for hydroxylation is 1. The number of hydrogen-bond donors (Lipinski definition) is 1. The van der Waals surface area contributed by atoms with Gasteiger partial charge in [0.25, 0.3) is 0 Å². The van der Waals surface area contributed by atoms with Gasteiger partial charge in [0.2, 0.25) is 5.91 Å². The van der Waals surface area contributed by atoms with Gasteiger partial charge in [0, 0.05) is 25.9 Å². The molecule has 0 fully saturated rings. The van der Waals surface area contributed by atoms with Crippen molar-refractivity contribution in [3.8, 4) is 11.5 Å². The number of ether oxygens (including phenoxy) is 2. The van der Waals surface area contributed by atoms with E-state index in [1.165, 1.54) is 0 Å². The van der Waals surface area contributed by atoms with Crippen LogP contribution >= 0.6 is 0 Å². The maximum Gasteiger partial charge on any atom is 0.219 e. The molecular weight excluding hydrogens is 390 g/mol. The second kappa shape index (κ2) is 11.2. The predicted molar refractivity (Wildman–Crippen MR) is 125 cm³/mol. The fraction of sp³-hybridized carbons (Fsp3) is 0.360. The van der Waals surface area contributed by atoms with Crippen molar-refractivity contribution in [2.45, 2.75) is 39.7 Å². The average Bonchev–Trinajstić information content (AvgIpc) is 3.14. The summed E-state index contributed by atoms with van der Waals surface area (Å²) >= 11 is 0. The van der Waals surface area contributed by atoms with Crippen molar-refractivity contribution >= 4 is 23.0 Å². The van der Waals surface area contributed by atoms with Crippen LogP contribution in [0.25, 0.3) is 17.1 Å². The van der Waals surface area contributed by atoms with Crippen LogP contribution in [0, 0.1) is 0 Å². The molecule has 0 atom stereocenters. The number of para-hydroxylation sites is 2. The summed E-state index contributed by atoms with van der Waals surface area (Å²) in [5.41, 5.74) is 3.16. The van der Waals surface area contributed by atoms with Gasteiger partial charge in [0.1, 0.15) is 5.82 Å². The van der Waals surface area contributed by atoms with Crippen molar-refractivity contribution < 1.29 is 14.3 Å². The number of rotatable bonds is 11. The summed E-state index contributed by atoms with van der Waals surface area (Å²) in [5, 5.41) is 2.93. The number of nitrogens with one attached hydrogen (secondary N) is 1. The summed E-state index contributed by atoms with van der Waals surface area (Å²) in [6.07, 6.45) is 6.04. The number of allylic oxidation sites excluding steroid dienone is 1. The standard InChI is InChI=1S/C25H31N3O3/c1-4-9-19-12-13-22(23(18-19)30-3)31-17-8-16-28-21-11-7-6-10-20(21)27-24(28)14-15-26-25(29)5-2/h4,6-7,9-13,18H,5,8,14-17H2,1-3H3,(H,26,29)/b9-4+. The van der Waals surface area contributed by atoms with Gasteiger partial charge in [-0.3, -0.25) is 4.79 Å². The molecule has 0 spiro atoms. The maximum atomic E-state index is 11.5. The Bertz CT molecular complexity index is 1040. The minimum Gasteiger partial charge on any atom is -0.493 e. The minimum atomic E-state index is 0.0606. The minimum absolute atomic E-state index is 0.0606. The van der Waals surface area contributed by atoms with E-state index in [0.717, 1.165) is 46.9 Å². The van der Waals surface area contributed by atoms with Gasteiger partial charge in [0.05, 0.1) is 24.8 Å². The van der Waals surface area contributed by atoms with E-state index >= 15 is 0 Å². The Hall–Kier alpha value is -3.28. The fourth-order valence-corrected chi connectivity index (χ4v) is 3.51. The van der Waals surface area contributed by atoms with Gasteiger partial charge >= 0.3 is 0 Å². The Kier molecular flexibility index (Phi) is 8.10. The molecule has 0 saturated heterocycles. The summed E-state index contributed by atoms with van der Waals surface area (Å²) in [6, 6.07) is 14.1. The molecule has 6 nitrogen and oxygen atoms in total. The van der Waals surface area contributed by atoms with Crippen molar-refractivity contribution in [1.82, 2.24) is 14.9 Å². The Labute approximate surface area is 183 Å². The summed E-state index contributed by atoms with van der Waals surface area (Å²) < 4.78 is 13.7. The van der Waals surface area contributed by atoms with Gasteiger partial charge in [-0.05, 0) is 43.2 Å². The molecule has 0 aliphatic rings. The first kappa shape index (κ1) is 22.4. The number of methoxy groups -OCH3 is 1. The first-order chi connectivity index (χ1) is 15.2. The third-order valence-electron chi connectivity index (χ3n) is 5.06. The highest BCUT2D eigenvalue weighted by Gasteiger charge is 2.11. The topological polar surface area (TPSA) is 65.4 Å². The van der Waals surface area contributed by atoms with E-state index in [4.69, 9.17) is 14.5 Å². The van der Waals surface area contributed by atoms with E-state index < -0.39 is 0 Å². The van der Waals surface area contributed by atoms with Gasteiger partial charge in [-0.2, -0.15) is 0 Å². The molecule has 0 unspecified atom stereocenters. The van der Waals surface area contributed by atoms with Crippen LogP contribution in [0.3, 0.4) is 0 Å². The first-order valence-corrected chi connectivity index (χ1v) is 10.8. The largest absolute Gasteiger partial charge is 0.493 e. The molecule has 0 radical (unpaired) electrons. The maximum absolute atomic E-state index is 11.5. The van der Waals surface area contributed by atoms with Crippen LogP contribution in [0.1, 0.15) is 38.1 Å². The summed E-state index contributed by atoms with van der Waals surface area (Å²) in [4.78, 5) is 16.3. The lowest BCUT2D eigenvalue weighted by Gasteiger charge is -2.13. The molecular formula is C25H31N3O3.